The van der Waals surface area contributed by atoms with Crippen molar-refractivity contribution in [2.24, 2.45) is 0 Å². The van der Waals surface area contributed by atoms with Gasteiger partial charge in [0, 0.05) is 29.3 Å². The Hall–Kier alpha value is -2.30. The zero-order chi connectivity index (χ0) is 15.7. The molecule has 1 aromatic heterocycles. The van der Waals surface area contributed by atoms with Crippen LogP contribution in [0.1, 0.15) is 15.9 Å². The van der Waals surface area contributed by atoms with Gasteiger partial charge in [0.15, 0.2) is 0 Å². The zero-order valence-corrected chi connectivity index (χ0v) is 12.4. The second-order valence-corrected chi connectivity index (χ2v) is 5.46. The number of carboxylic acids is 1. The molecular formula is C17H14ClNO3. The molecule has 4 nitrogen and oxygen atoms in total. The smallest absolute Gasteiger partial charge is 0.337 e. The average Bonchev–Trinajstić information content (AvgIpc) is 2.90. The Labute approximate surface area is 132 Å². The number of fused-ring (bicyclic) bond motifs is 1. The summed E-state index contributed by atoms with van der Waals surface area (Å²) in [6, 6.07) is 11.2. The predicted octanol–water partition coefficient (Wildman–Crippen LogP) is 3.72. The monoisotopic (exact) mass is 315 g/mol. The van der Waals surface area contributed by atoms with Crippen LogP contribution in [0.3, 0.4) is 0 Å². The van der Waals surface area contributed by atoms with Gasteiger partial charge in [0.25, 0.3) is 0 Å². The molecule has 3 rings (SSSR count). The fraction of sp³-hybridized carbons (Fsp3) is 0.118. The largest absolute Gasteiger partial charge is 0.478 e. The number of aliphatic hydroxyl groups is 1. The Bertz CT molecular complexity index is 837. The topological polar surface area (TPSA) is 73.3 Å². The zero-order valence-electron chi connectivity index (χ0n) is 11.6. The van der Waals surface area contributed by atoms with Gasteiger partial charge in [-0.2, -0.15) is 0 Å². The molecule has 3 N–H and O–H groups in total. The van der Waals surface area contributed by atoms with E-state index in [1.807, 2.05) is 24.3 Å². The molecule has 112 valence electrons. The normalized spacial score (nSPS) is 11.0. The quantitative estimate of drug-likeness (QED) is 0.687. The molecule has 5 heteroatoms. The van der Waals surface area contributed by atoms with Crippen molar-refractivity contribution in [2.75, 3.05) is 6.61 Å². The van der Waals surface area contributed by atoms with Crippen molar-refractivity contribution >= 4 is 28.5 Å². The molecular weight excluding hydrogens is 302 g/mol. The summed E-state index contributed by atoms with van der Waals surface area (Å²) in [6.07, 6.45) is 2.07. The number of hydrogen-bond donors (Lipinski definition) is 3. The molecule has 0 bridgehead atoms. The lowest BCUT2D eigenvalue weighted by Crippen LogP contribution is -1.94. The minimum Gasteiger partial charge on any atom is -0.478 e. The van der Waals surface area contributed by atoms with E-state index in [1.54, 1.807) is 12.1 Å². The highest BCUT2D eigenvalue weighted by Crippen LogP contribution is 2.33. The van der Waals surface area contributed by atoms with Crippen molar-refractivity contribution in [3.8, 4) is 11.1 Å². The van der Waals surface area contributed by atoms with E-state index in [1.165, 1.54) is 6.20 Å². The van der Waals surface area contributed by atoms with Crippen LogP contribution in [0.15, 0.2) is 42.6 Å². The molecule has 0 aliphatic heterocycles. The van der Waals surface area contributed by atoms with Crippen LogP contribution < -0.4 is 0 Å². The summed E-state index contributed by atoms with van der Waals surface area (Å²) < 4.78 is 0. The van der Waals surface area contributed by atoms with E-state index in [0.29, 0.717) is 22.3 Å². The maximum Gasteiger partial charge on any atom is 0.337 e. The number of H-pyrrole nitrogens is 1. The number of rotatable bonds is 4. The van der Waals surface area contributed by atoms with Crippen molar-refractivity contribution in [3.05, 3.63) is 58.7 Å². The van der Waals surface area contributed by atoms with Crippen LogP contribution in [0.25, 0.3) is 22.0 Å². The van der Waals surface area contributed by atoms with Crippen molar-refractivity contribution in [1.82, 2.24) is 4.98 Å². The number of aromatic carboxylic acids is 1. The third-order valence-corrected chi connectivity index (χ3v) is 3.98. The molecule has 0 amide bonds. The molecule has 0 unspecified atom stereocenters. The molecule has 0 saturated carbocycles. The number of aromatic nitrogens is 1. The number of halogens is 1. The first-order chi connectivity index (χ1) is 10.6. The number of carbonyl (C=O) groups is 1. The molecule has 0 radical (unpaired) electrons. The fourth-order valence-corrected chi connectivity index (χ4v) is 2.79. The van der Waals surface area contributed by atoms with E-state index >= 15 is 0 Å². The molecule has 22 heavy (non-hydrogen) atoms. The van der Waals surface area contributed by atoms with Gasteiger partial charge in [0.1, 0.15) is 0 Å². The molecule has 1 heterocycles. The lowest BCUT2D eigenvalue weighted by molar-refractivity contribution is 0.0699. The van der Waals surface area contributed by atoms with Crippen LogP contribution in [0.5, 0.6) is 0 Å². The van der Waals surface area contributed by atoms with Crippen LogP contribution in [0, 0.1) is 0 Å². The summed E-state index contributed by atoms with van der Waals surface area (Å²) in [6.45, 7) is 0.109. The number of hydrogen-bond acceptors (Lipinski definition) is 2. The van der Waals surface area contributed by atoms with Gasteiger partial charge in [-0.3, -0.25) is 0 Å². The first-order valence-electron chi connectivity index (χ1n) is 6.84. The predicted molar refractivity (Wildman–Crippen MR) is 86.5 cm³/mol. The summed E-state index contributed by atoms with van der Waals surface area (Å²) >= 11 is 6.32. The fourth-order valence-electron chi connectivity index (χ4n) is 2.52. The van der Waals surface area contributed by atoms with E-state index in [4.69, 9.17) is 16.7 Å². The van der Waals surface area contributed by atoms with Gasteiger partial charge < -0.3 is 15.2 Å². The van der Waals surface area contributed by atoms with Crippen molar-refractivity contribution in [1.29, 1.82) is 0 Å². The SMILES string of the molecule is O=C(O)c1c[nH]c2cc(Cl)c(-c3ccc(CCO)cc3)cc12. The average molecular weight is 316 g/mol. The summed E-state index contributed by atoms with van der Waals surface area (Å²) in [5.74, 6) is -0.974. The number of benzene rings is 2. The lowest BCUT2D eigenvalue weighted by atomic mass is 10.0. The summed E-state index contributed by atoms with van der Waals surface area (Å²) in [5, 5.41) is 19.4. The molecule has 0 aliphatic carbocycles. The molecule has 0 spiro atoms. The Morgan fingerprint density at radius 3 is 2.55 bits per heavy atom. The van der Waals surface area contributed by atoms with Crippen molar-refractivity contribution in [3.63, 3.8) is 0 Å². The van der Waals surface area contributed by atoms with E-state index < -0.39 is 5.97 Å². The highest BCUT2D eigenvalue weighted by Gasteiger charge is 2.14. The van der Waals surface area contributed by atoms with Crippen LogP contribution in [-0.4, -0.2) is 27.8 Å². The second kappa shape index (κ2) is 5.83. The van der Waals surface area contributed by atoms with Gasteiger partial charge in [-0.1, -0.05) is 35.9 Å². The Kier molecular flexibility index (Phi) is 3.88. The van der Waals surface area contributed by atoms with Crippen molar-refractivity contribution < 1.29 is 15.0 Å². The van der Waals surface area contributed by atoms with Crippen molar-refractivity contribution in [2.45, 2.75) is 6.42 Å². The lowest BCUT2D eigenvalue weighted by Gasteiger charge is -2.07. The second-order valence-electron chi connectivity index (χ2n) is 5.06. The first-order valence-corrected chi connectivity index (χ1v) is 7.22. The minimum absolute atomic E-state index is 0.109. The summed E-state index contributed by atoms with van der Waals surface area (Å²) in [5.41, 5.74) is 3.65. The molecule has 0 saturated heterocycles. The van der Waals surface area contributed by atoms with E-state index in [9.17, 15) is 9.90 Å². The third-order valence-electron chi connectivity index (χ3n) is 3.67. The highest BCUT2D eigenvalue weighted by atomic mass is 35.5. The van der Waals surface area contributed by atoms with E-state index in [-0.39, 0.29) is 12.2 Å². The van der Waals surface area contributed by atoms with Gasteiger partial charge in [0.05, 0.1) is 10.6 Å². The first kappa shape index (κ1) is 14.6. The standard InChI is InChI=1S/C17H14ClNO3/c18-15-8-16-13(14(9-19-16)17(21)22)7-12(15)11-3-1-10(2-4-11)5-6-20/h1-4,7-9,19-20H,5-6H2,(H,21,22). The van der Waals surface area contributed by atoms with Crippen LogP contribution in [-0.2, 0) is 6.42 Å². The van der Waals surface area contributed by atoms with Gasteiger partial charge in [-0.05, 0) is 29.7 Å². The maximum atomic E-state index is 11.2. The van der Waals surface area contributed by atoms with E-state index in [0.717, 1.165) is 16.7 Å². The Balaban J connectivity index is 2.11. The highest BCUT2D eigenvalue weighted by molar-refractivity contribution is 6.34. The van der Waals surface area contributed by atoms with Crippen LogP contribution >= 0.6 is 11.6 Å². The summed E-state index contributed by atoms with van der Waals surface area (Å²) in [4.78, 5) is 14.2. The molecule has 3 aromatic rings. The third kappa shape index (κ3) is 2.58. The van der Waals surface area contributed by atoms with Gasteiger partial charge >= 0.3 is 5.97 Å². The molecule has 0 fully saturated rings. The van der Waals surface area contributed by atoms with E-state index in [2.05, 4.69) is 4.98 Å². The number of aromatic amines is 1. The molecule has 0 aliphatic rings. The van der Waals surface area contributed by atoms with Crippen LogP contribution in [0.4, 0.5) is 0 Å². The molecule has 2 aromatic carbocycles. The maximum absolute atomic E-state index is 11.2. The number of aliphatic hydroxyl groups excluding tert-OH is 1. The number of carboxylic acid groups (broad SMARTS) is 1. The van der Waals surface area contributed by atoms with Gasteiger partial charge in [0.2, 0.25) is 0 Å². The Morgan fingerprint density at radius 1 is 1.18 bits per heavy atom. The number of nitrogens with one attached hydrogen (secondary N) is 1. The van der Waals surface area contributed by atoms with Gasteiger partial charge in [-0.25, -0.2) is 4.79 Å². The Morgan fingerprint density at radius 2 is 1.91 bits per heavy atom. The minimum atomic E-state index is -0.974. The molecule has 0 atom stereocenters. The van der Waals surface area contributed by atoms with Crippen LogP contribution in [0.2, 0.25) is 5.02 Å². The van der Waals surface area contributed by atoms with Gasteiger partial charge in [-0.15, -0.1) is 0 Å². The summed E-state index contributed by atoms with van der Waals surface area (Å²) in [7, 11) is 0.